The smallest absolute Gasteiger partial charge is 0.246 e. The highest BCUT2D eigenvalue weighted by molar-refractivity contribution is 7.10. The SMILES string of the molecule is COCC(=O)NC1COCCC12CCN(Cc1sccc1C)CC2. The van der Waals surface area contributed by atoms with Crippen molar-refractivity contribution in [3.05, 3.63) is 21.9 Å². The summed E-state index contributed by atoms with van der Waals surface area (Å²) in [7, 11) is 1.55. The summed E-state index contributed by atoms with van der Waals surface area (Å²) in [6.45, 7) is 6.98. The van der Waals surface area contributed by atoms with Crippen molar-refractivity contribution in [3.8, 4) is 0 Å². The van der Waals surface area contributed by atoms with Crippen molar-refractivity contribution in [2.24, 2.45) is 5.41 Å². The summed E-state index contributed by atoms with van der Waals surface area (Å²) in [4.78, 5) is 16.0. The van der Waals surface area contributed by atoms with E-state index in [4.69, 9.17) is 9.47 Å². The van der Waals surface area contributed by atoms with E-state index in [-0.39, 0.29) is 24.0 Å². The Morgan fingerprint density at radius 3 is 2.92 bits per heavy atom. The maximum Gasteiger partial charge on any atom is 0.246 e. The predicted octanol–water partition coefficient (Wildman–Crippen LogP) is 2.19. The zero-order chi connectivity index (χ0) is 17.0. The largest absolute Gasteiger partial charge is 0.379 e. The van der Waals surface area contributed by atoms with Gasteiger partial charge in [-0.3, -0.25) is 9.69 Å². The highest BCUT2D eigenvalue weighted by atomic mass is 32.1. The van der Waals surface area contributed by atoms with E-state index in [0.717, 1.165) is 45.5 Å². The van der Waals surface area contributed by atoms with Gasteiger partial charge in [-0.2, -0.15) is 0 Å². The number of ether oxygens (including phenoxy) is 2. The number of methoxy groups -OCH3 is 1. The Balaban J connectivity index is 1.59. The Kier molecular flexibility index (Phi) is 5.92. The molecule has 2 fully saturated rings. The molecule has 1 atom stereocenters. The molecule has 1 amide bonds. The number of rotatable bonds is 5. The first-order valence-electron chi connectivity index (χ1n) is 8.74. The van der Waals surface area contributed by atoms with E-state index in [2.05, 4.69) is 28.6 Å². The third-order valence-corrected chi connectivity index (χ3v) is 6.57. The molecule has 0 radical (unpaired) electrons. The molecule has 0 saturated carbocycles. The summed E-state index contributed by atoms with van der Waals surface area (Å²) in [5.74, 6) is -0.0379. The summed E-state index contributed by atoms with van der Waals surface area (Å²) >= 11 is 1.85. The van der Waals surface area contributed by atoms with Crippen LogP contribution in [0.4, 0.5) is 0 Å². The van der Waals surface area contributed by atoms with Crippen LogP contribution in [0.5, 0.6) is 0 Å². The van der Waals surface area contributed by atoms with E-state index >= 15 is 0 Å². The molecule has 1 spiro atoms. The molecular weight excluding hydrogens is 324 g/mol. The highest BCUT2D eigenvalue weighted by Gasteiger charge is 2.44. The van der Waals surface area contributed by atoms with Crippen LogP contribution in [0.15, 0.2) is 11.4 Å². The first-order valence-corrected chi connectivity index (χ1v) is 9.62. The molecule has 3 rings (SSSR count). The zero-order valence-corrected chi connectivity index (χ0v) is 15.5. The Bertz CT molecular complexity index is 552. The topological polar surface area (TPSA) is 50.8 Å². The van der Waals surface area contributed by atoms with Gasteiger partial charge in [0, 0.05) is 25.1 Å². The Hall–Kier alpha value is -0.950. The molecule has 2 aliphatic heterocycles. The minimum atomic E-state index is -0.0379. The predicted molar refractivity (Wildman–Crippen MR) is 95.2 cm³/mol. The number of amides is 1. The summed E-state index contributed by atoms with van der Waals surface area (Å²) < 4.78 is 10.6. The van der Waals surface area contributed by atoms with Crippen molar-refractivity contribution in [1.82, 2.24) is 10.2 Å². The molecule has 0 aromatic carbocycles. The van der Waals surface area contributed by atoms with Crippen LogP contribution >= 0.6 is 11.3 Å². The number of carbonyl (C=O) groups is 1. The standard InChI is InChI=1S/C18H28N2O3S/c1-14-3-10-24-15(14)11-20-7-4-18(5-8-20)6-9-23-12-16(18)19-17(21)13-22-2/h3,10,16H,4-9,11-13H2,1-2H3,(H,19,21). The van der Waals surface area contributed by atoms with Crippen molar-refractivity contribution in [3.63, 3.8) is 0 Å². The minimum Gasteiger partial charge on any atom is -0.379 e. The van der Waals surface area contributed by atoms with E-state index < -0.39 is 0 Å². The molecule has 0 aliphatic carbocycles. The summed E-state index contributed by atoms with van der Waals surface area (Å²) in [5, 5.41) is 5.32. The van der Waals surface area contributed by atoms with Gasteiger partial charge in [0.05, 0.1) is 12.6 Å². The zero-order valence-electron chi connectivity index (χ0n) is 14.7. The number of carbonyl (C=O) groups excluding carboxylic acids is 1. The van der Waals surface area contributed by atoms with E-state index in [1.54, 1.807) is 7.11 Å². The fourth-order valence-electron chi connectivity index (χ4n) is 3.91. The second-order valence-electron chi connectivity index (χ2n) is 7.04. The van der Waals surface area contributed by atoms with Crippen molar-refractivity contribution < 1.29 is 14.3 Å². The van der Waals surface area contributed by atoms with Crippen LogP contribution in [0.2, 0.25) is 0 Å². The van der Waals surface area contributed by atoms with Crippen LogP contribution in [0, 0.1) is 12.3 Å². The van der Waals surface area contributed by atoms with Gasteiger partial charge >= 0.3 is 0 Å². The number of piperidine rings is 1. The van der Waals surface area contributed by atoms with Crippen LogP contribution in [0.25, 0.3) is 0 Å². The average molecular weight is 353 g/mol. The molecule has 1 aromatic rings. The lowest BCUT2D eigenvalue weighted by Gasteiger charge is -2.49. The maximum absolute atomic E-state index is 11.9. The van der Waals surface area contributed by atoms with Gasteiger partial charge < -0.3 is 14.8 Å². The number of hydrogen-bond donors (Lipinski definition) is 1. The fourth-order valence-corrected chi connectivity index (χ4v) is 4.86. The second kappa shape index (κ2) is 7.95. The van der Waals surface area contributed by atoms with E-state index in [1.807, 2.05) is 11.3 Å². The average Bonchev–Trinajstić information content (AvgIpc) is 2.97. The van der Waals surface area contributed by atoms with Gasteiger partial charge in [-0.1, -0.05) is 0 Å². The molecule has 2 aliphatic rings. The summed E-state index contributed by atoms with van der Waals surface area (Å²) in [6.07, 6.45) is 3.29. The molecule has 6 heteroatoms. The number of likely N-dealkylation sites (tertiary alicyclic amines) is 1. The number of hydrogen-bond acceptors (Lipinski definition) is 5. The van der Waals surface area contributed by atoms with E-state index in [9.17, 15) is 4.79 Å². The first kappa shape index (κ1) is 17.9. The van der Waals surface area contributed by atoms with Crippen LogP contribution in [-0.2, 0) is 20.8 Å². The highest BCUT2D eigenvalue weighted by Crippen LogP contribution is 2.41. The molecule has 1 unspecified atom stereocenters. The van der Waals surface area contributed by atoms with Gasteiger partial charge in [-0.15, -0.1) is 11.3 Å². The van der Waals surface area contributed by atoms with Crippen molar-refractivity contribution in [2.75, 3.05) is 40.0 Å². The lowest BCUT2D eigenvalue weighted by molar-refractivity contribution is -0.130. The van der Waals surface area contributed by atoms with Gasteiger partial charge in [0.1, 0.15) is 6.61 Å². The lowest BCUT2D eigenvalue weighted by atomic mass is 9.69. The Labute approximate surface area is 148 Å². The monoisotopic (exact) mass is 352 g/mol. The van der Waals surface area contributed by atoms with Crippen molar-refractivity contribution in [2.45, 2.75) is 38.8 Å². The van der Waals surface area contributed by atoms with Crippen LogP contribution in [0.1, 0.15) is 29.7 Å². The normalized spacial score (nSPS) is 24.2. The molecule has 2 saturated heterocycles. The lowest BCUT2D eigenvalue weighted by Crippen LogP contribution is -2.57. The van der Waals surface area contributed by atoms with Crippen LogP contribution in [-0.4, -0.2) is 56.9 Å². The van der Waals surface area contributed by atoms with Gasteiger partial charge in [-0.25, -0.2) is 0 Å². The van der Waals surface area contributed by atoms with Crippen molar-refractivity contribution in [1.29, 1.82) is 0 Å². The summed E-state index contributed by atoms with van der Waals surface area (Å²) in [5.41, 5.74) is 1.58. The summed E-state index contributed by atoms with van der Waals surface area (Å²) in [6, 6.07) is 2.31. The van der Waals surface area contributed by atoms with Crippen LogP contribution < -0.4 is 5.32 Å². The van der Waals surface area contributed by atoms with Crippen molar-refractivity contribution >= 4 is 17.2 Å². The van der Waals surface area contributed by atoms with E-state index in [1.165, 1.54) is 10.4 Å². The van der Waals surface area contributed by atoms with Gasteiger partial charge in [0.15, 0.2) is 0 Å². The molecule has 134 valence electrons. The quantitative estimate of drug-likeness (QED) is 0.883. The minimum absolute atomic E-state index is 0.0379. The first-order chi connectivity index (χ1) is 11.6. The Morgan fingerprint density at radius 1 is 1.46 bits per heavy atom. The molecule has 5 nitrogen and oxygen atoms in total. The Morgan fingerprint density at radius 2 is 2.25 bits per heavy atom. The fraction of sp³-hybridized carbons (Fsp3) is 0.722. The number of nitrogens with zero attached hydrogens (tertiary/aromatic N) is 1. The molecule has 0 bridgehead atoms. The number of nitrogens with one attached hydrogen (secondary N) is 1. The molecule has 1 N–H and O–H groups in total. The molecule has 3 heterocycles. The molecular formula is C18H28N2O3S. The molecule has 24 heavy (non-hydrogen) atoms. The second-order valence-corrected chi connectivity index (χ2v) is 8.04. The van der Waals surface area contributed by atoms with Gasteiger partial charge in [-0.05, 0) is 61.7 Å². The van der Waals surface area contributed by atoms with E-state index in [0.29, 0.717) is 6.61 Å². The molecule has 1 aromatic heterocycles. The van der Waals surface area contributed by atoms with Crippen LogP contribution in [0.3, 0.4) is 0 Å². The number of aryl methyl sites for hydroxylation is 1. The van der Waals surface area contributed by atoms with Gasteiger partial charge in [0.25, 0.3) is 0 Å². The van der Waals surface area contributed by atoms with Gasteiger partial charge in [0.2, 0.25) is 5.91 Å². The third-order valence-electron chi connectivity index (χ3n) is 5.57. The maximum atomic E-state index is 11.9. The number of thiophene rings is 1. The third kappa shape index (κ3) is 3.99.